The minimum absolute atomic E-state index is 0.0375. The minimum atomic E-state index is -2.95. The number of furan rings is 1. The van der Waals surface area contributed by atoms with Crippen molar-refractivity contribution in [1.29, 1.82) is 0 Å². The van der Waals surface area contributed by atoms with Crippen LogP contribution in [0.15, 0.2) is 47.1 Å². The van der Waals surface area contributed by atoms with Crippen LogP contribution in [0.4, 0.5) is 8.78 Å². The number of rotatable bonds is 7. The van der Waals surface area contributed by atoms with Gasteiger partial charge in [0.2, 0.25) is 5.91 Å². The molecule has 1 amide bonds. The number of nitrogens with one attached hydrogen (secondary N) is 1. The second-order valence-corrected chi connectivity index (χ2v) is 4.50. The van der Waals surface area contributed by atoms with E-state index in [0.29, 0.717) is 11.3 Å². The van der Waals surface area contributed by atoms with Crippen molar-refractivity contribution >= 4 is 5.91 Å². The number of aliphatic hydroxyl groups excluding tert-OH is 1. The van der Waals surface area contributed by atoms with E-state index in [0.717, 1.165) is 0 Å². The van der Waals surface area contributed by atoms with Gasteiger partial charge in [-0.05, 0) is 18.2 Å². The molecule has 2 aromatic rings. The van der Waals surface area contributed by atoms with Gasteiger partial charge >= 0.3 is 6.61 Å². The molecule has 0 aliphatic rings. The van der Waals surface area contributed by atoms with Crippen LogP contribution in [0.5, 0.6) is 5.75 Å². The van der Waals surface area contributed by atoms with Gasteiger partial charge in [-0.1, -0.05) is 18.2 Å². The van der Waals surface area contributed by atoms with Gasteiger partial charge in [-0.3, -0.25) is 4.79 Å². The number of hydrogen-bond acceptors (Lipinski definition) is 4. The fourth-order valence-electron chi connectivity index (χ4n) is 1.89. The Bertz CT molecular complexity index is 601. The molecule has 0 saturated heterocycles. The molecule has 0 aliphatic heterocycles. The second-order valence-electron chi connectivity index (χ2n) is 4.50. The highest BCUT2D eigenvalue weighted by Gasteiger charge is 2.15. The monoisotopic (exact) mass is 311 g/mol. The minimum Gasteiger partial charge on any atom is -0.467 e. The molecule has 1 atom stereocenters. The molecule has 1 unspecified atom stereocenters. The summed E-state index contributed by atoms with van der Waals surface area (Å²) in [6.07, 6.45) is 0.318. The van der Waals surface area contributed by atoms with Crippen molar-refractivity contribution in [2.45, 2.75) is 19.1 Å². The van der Waals surface area contributed by atoms with Crippen molar-refractivity contribution < 1.29 is 27.8 Å². The molecule has 0 saturated carbocycles. The molecule has 0 spiro atoms. The van der Waals surface area contributed by atoms with Crippen molar-refractivity contribution in [2.24, 2.45) is 0 Å². The van der Waals surface area contributed by atoms with E-state index in [4.69, 9.17) is 4.42 Å². The van der Waals surface area contributed by atoms with E-state index in [1.165, 1.54) is 18.4 Å². The lowest BCUT2D eigenvalue weighted by atomic mass is 10.1. The number of halogens is 2. The van der Waals surface area contributed by atoms with Crippen molar-refractivity contribution in [3.05, 3.63) is 54.0 Å². The fraction of sp³-hybridized carbons (Fsp3) is 0.267. The molecule has 2 rings (SSSR count). The zero-order valence-electron chi connectivity index (χ0n) is 11.5. The van der Waals surface area contributed by atoms with Gasteiger partial charge in [0.15, 0.2) is 0 Å². The van der Waals surface area contributed by atoms with Crippen LogP contribution < -0.4 is 10.1 Å². The van der Waals surface area contributed by atoms with Gasteiger partial charge in [-0.2, -0.15) is 8.78 Å². The van der Waals surface area contributed by atoms with Gasteiger partial charge < -0.3 is 19.6 Å². The fourth-order valence-corrected chi connectivity index (χ4v) is 1.89. The van der Waals surface area contributed by atoms with Crippen LogP contribution in [0.25, 0.3) is 0 Å². The number of amides is 1. The smallest absolute Gasteiger partial charge is 0.387 e. The van der Waals surface area contributed by atoms with Crippen molar-refractivity contribution in [3.8, 4) is 5.75 Å². The molecule has 22 heavy (non-hydrogen) atoms. The maximum atomic E-state index is 12.3. The summed E-state index contributed by atoms with van der Waals surface area (Å²) in [6, 6.07) is 9.27. The average Bonchev–Trinajstić information content (AvgIpc) is 3.00. The highest BCUT2D eigenvalue weighted by atomic mass is 19.3. The van der Waals surface area contributed by atoms with Crippen LogP contribution in [-0.2, 0) is 11.2 Å². The molecular weight excluding hydrogens is 296 g/mol. The van der Waals surface area contributed by atoms with Gasteiger partial charge in [0.1, 0.15) is 17.6 Å². The molecule has 2 N–H and O–H groups in total. The number of carbonyl (C=O) groups is 1. The third-order valence-corrected chi connectivity index (χ3v) is 2.90. The van der Waals surface area contributed by atoms with E-state index in [-0.39, 0.29) is 18.7 Å². The summed E-state index contributed by atoms with van der Waals surface area (Å²) in [7, 11) is 0. The molecule has 0 bridgehead atoms. The predicted octanol–water partition coefficient (Wildman–Crippen LogP) is 2.27. The zero-order chi connectivity index (χ0) is 15.9. The lowest BCUT2D eigenvalue weighted by molar-refractivity contribution is -0.121. The quantitative estimate of drug-likeness (QED) is 0.823. The van der Waals surface area contributed by atoms with Crippen molar-refractivity contribution in [3.63, 3.8) is 0 Å². The Labute approximate surface area is 125 Å². The zero-order valence-corrected chi connectivity index (χ0v) is 11.5. The Balaban J connectivity index is 1.89. The molecule has 5 nitrogen and oxygen atoms in total. The SMILES string of the molecule is O=C(Cc1ccccc1OC(F)F)NCC(O)c1ccco1. The first-order valence-electron chi connectivity index (χ1n) is 6.57. The van der Waals surface area contributed by atoms with Crippen LogP contribution in [0.2, 0.25) is 0 Å². The molecule has 7 heteroatoms. The lowest BCUT2D eigenvalue weighted by Gasteiger charge is -2.12. The lowest BCUT2D eigenvalue weighted by Crippen LogP contribution is -2.29. The van der Waals surface area contributed by atoms with E-state index >= 15 is 0 Å². The number of benzene rings is 1. The molecule has 118 valence electrons. The summed E-state index contributed by atoms with van der Waals surface area (Å²) in [5.74, 6) is -0.128. The number of ether oxygens (including phenoxy) is 1. The standard InChI is InChI=1S/C15H15F2NO4/c16-15(17)22-12-5-2-1-4-10(12)8-14(20)18-9-11(19)13-6-3-7-21-13/h1-7,11,15,19H,8-9H2,(H,18,20). The molecule has 0 fully saturated rings. The molecule has 0 aliphatic carbocycles. The van der Waals surface area contributed by atoms with Gasteiger partial charge in [0, 0.05) is 5.56 Å². The van der Waals surface area contributed by atoms with Crippen LogP contribution in [0.3, 0.4) is 0 Å². The van der Waals surface area contributed by atoms with E-state index < -0.39 is 18.6 Å². The van der Waals surface area contributed by atoms with Crippen LogP contribution in [0, 0.1) is 0 Å². The number of carbonyl (C=O) groups excluding carboxylic acids is 1. The summed E-state index contributed by atoms with van der Waals surface area (Å²) in [5, 5.41) is 12.3. The first-order chi connectivity index (χ1) is 10.6. The Hall–Kier alpha value is -2.41. The van der Waals surface area contributed by atoms with Crippen LogP contribution >= 0.6 is 0 Å². The Morgan fingerprint density at radius 1 is 1.27 bits per heavy atom. The highest BCUT2D eigenvalue weighted by molar-refractivity contribution is 5.79. The summed E-state index contributed by atoms with van der Waals surface area (Å²) < 4.78 is 33.9. The number of hydrogen-bond donors (Lipinski definition) is 2. The van der Waals surface area contributed by atoms with Gasteiger partial charge in [-0.25, -0.2) is 0 Å². The van der Waals surface area contributed by atoms with E-state index in [9.17, 15) is 18.7 Å². The van der Waals surface area contributed by atoms with Crippen LogP contribution in [-0.4, -0.2) is 24.2 Å². The predicted molar refractivity (Wildman–Crippen MR) is 73.5 cm³/mol. The Morgan fingerprint density at radius 2 is 2.05 bits per heavy atom. The van der Waals surface area contributed by atoms with Gasteiger partial charge in [0.05, 0.1) is 19.2 Å². The molecule has 1 heterocycles. The summed E-state index contributed by atoms with van der Waals surface area (Å²) in [6.45, 7) is -2.99. The largest absolute Gasteiger partial charge is 0.467 e. The third-order valence-electron chi connectivity index (χ3n) is 2.90. The average molecular weight is 311 g/mol. The van der Waals surface area contributed by atoms with Crippen molar-refractivity contribution in [2.75, 3.05) is 6.54 Å². The highest BCUT2D eigenvalue weighted by Crippen LogP contribution is 2.20. The Kier molecular flexibility index (Phi) is 5.48. The second kappa shape index (κ2) is 7.56. The summed E-state index contributed by atoms with van der Waals surface area (Å²) >= 11 is 0. The van der Waals surface area contributed by atoms with Crippen LogP contribution in [0.1, 0.15) is 17.4 Å². The van der Waals surface area contributed by atoms with E-state index in [1.807, 2.05) is 0 Å². The maximum absolute atomic E-state index is 12.3. The molecular formula is C15H15F2NO4. The van der Waals surface area contributed by atoms with E-state index in [1.54, 1.807) is 24.3 Å². The number of aliphatic hydroxyl groups is 1. The topological polar surface area (TPSA) is 71.7 Å². The molecule has 1 aromatic carbocycles. The Morgan fingerprint density at radius 3 is 2.73 bits per heavy atom. The molecule has 0 radical (unpaired) electrons. The van der Waals surface area contributed by atoms with Gasteiger partial charge in [0.25, 0.3) is 0 Å². The first kappa shape index (κ1) is 16.0. The summed E-state index contributed by atoms with van der Waals surface area (Å²) in [5.41, 5.74) is 0.341. The number of para-hydroxylation sites is 1. The maximum Gasteiger partial charge on any atom is 0.387 e. The van der Waals surface area contributed by atoms with Crippen molar-refractivity contribution in [1.82, 2.24) is 5.32 Å². The van der Waals surface area contributed by atoms with E-state index in [2.05, 4.69) is 10.1 Å². The number of alkyl halides is 2. The first-order valence-corrected chi connectivity index (χ1v) is 6.57. The summed E-state index contributed by atoms with van der Waals surface area (Å²) in [4.78, 5) is 11.8. The third kappa shape index (κ3) is 4.56. The molecule has 1 aromatic heterocycles. The normalized spacial score (nSPS) is 12.2. The van der Waals surface area contributed by atoms with Gasteiger partial charge in [-0.15, -0.1) is 0 Å².